The molecule has 104 valence electrons. The van der Waals surface area contributed by atoms with Gasteiger partial charge in [0.15, 0.2) is 0 Å². The largest absolute Gasteiger partial charge is 0.496 e. The maximum atomic E-state index is 13.5. The summed E-state index contributed by atoms with van der Waals surface area (Å²) in [6.45, 7) is 0. The van der Waals surface area contributed by atoms with Crippen molar-refractivity contribution in [2.45, 2.75) is 10.6 Å². The van der Waals surface area contributed by atoms with Gasteiger partial charge in [0, 0.05) is 16.2 Å². The molecule has 2 rings (SSSR count). The molecule has 0 fully saturated rings. The zero-order valence-electron chi connectivity index (χ0n) is 10.8. The molecule has 1 N–H and O–H groups in total. The van der Waals surface area contributed by atoms with E-state index >= 15 is 0 Å². The highest BCUT2D eigenvalue weighted by atomic mass is 32.2. The highest BCUT2D eigenvalue weighted by Gasteiger charge is 2.10. The Labute approximate surface area is 120 Å². The lowest BCUT2D eigenvalue weighted by Crippen LogP contribution is -1.99. The number of methoxy groups -OCH3 is 1. The summed E-state index contributed by atoms with van der Waals surface area (Å²) in [7, 11) is 1.52. The molecule has 5 heteroatoms. The second kappa shape index (κ2) is 6.43. The quantitative estimate of drug-likeness (QED) is 0.851. The van der Waals surface area contributed by atoms with Crippen LogP contribution in [0.25, 0.3) is 0 Å². The number of hydrogen-bond donors (Lipinski definition) is 1. The van der Waals surface area contributed by atoms with Crippen molar-refractivity contribution in [1.29, 1.82) is 0 Å². The van der Waals surface area contributed by atoms with Gasteiger partial charge in [-0.15, -0.1) is 11.8 Å². The van der Waals surface area contributed by atoms with Gasteiger partial charge < -0.3 is 9.84 Å². The van der Waals surface area contributed by atoms with Crippen LogP contribution in [0.2, 0.25) is 0 Å². The minimum absolute atomic E-state index is 0.190. The fourth-order valence-electron chi connectivity index (χ4n) is 1.74. The highest BCUT2D eigenvalue weighted by Crippen LogP contribution is 2.30. The molecule has 2 aromatic carbocycles. The number of carboxylic acid groups (broad SMARTS) is 1. The molecule has 0 aliphatic carbocycles. The van der Waals surface area contributed by atoms with Crippen molar-refractivity contribution < 1.29 is 19.0 Å². The monoisotopic (exact) mass is 292 g/mol. The van der Waals surface area contributed by atoms with E-state index < -0.39 is 5.97 Å². The maximum Gasteiger partial charge on any atom is 0.335 e. The predicted molar refractivity (Wildman–Crippen MR) is 75.9 cm³/mol. The van der Waals surface area contributed by atoms with E-state index in [0.29, 0.717) is 16.4 Å². The molecule has 0 amide bonds. The maximum absolute atomic E-state index is 13.5. The average Bonchev–Trinajstić information content (AvgIpc) is 2.46. The van der Waals surface area contributed by atoms with Gasteiger partial charge in [0.25, 0.3) is 0 Å². The molecule has 0 spiro atoms. The Kier molecular flexibility index (Phi) is 4.63. The fraction of sp³-hybridized carbons (Fsp3) is 0.133. The third-order valence-electron chi connectivity index (χ3n) is 2.75. The zero-order valence-corrected chi connectivity index (χ0v) is 11.6. The van der Waals surface area contributed by atoms with E-state index in [1.165, 1.54) is 31.0 Å². The van der Waals surface area contributed by atoms with Gasteiger partial charge in [-0.1, -0.05) is 12.1 Å². The molecule has 0 unspecified atom stereocenters. The van der Waals surface area contributed by atoms with Gasteiger partial charge in [0.2, 0.25) is 0 Å². The molecule has 0 saturated carbocycles. The Morgan fingerprint density at radius 1 is 1.30 bits per heavy atom. The molecule has 0 atom stereocenters. The molecule has 20 heavy (non-hydrogen) atoms. The molecule has 0 aromatic heterocycles. The number of aromatic carboxylic acids is 1. The molecule has 0 bridgehead atoms. The second-order valence-corrected chi connectivity index (χ2v) is 5.07. The Bertz CT molecular complexity index is 628. The van der Waals surface area contributed by atoms with E-state index in [1.54, 1.807) is 30.3 Å². The number of halogens is 1. The molecule has 2 aromatic rings. The van der Waals surface area contributed by atoms with Crippen LogP contribution in [-0.2, 0) is 5.75 Å². The summed E-state index contributed by atoms with van der Waals surface area (Å²) in [5.41, 5.74) is 0.913. The predicted octanol–water partition coefficient (Wildman–Crippen LogP) is 3.82. The summed E-state index contributed by atoms with van der Waals surface area (Å²) in [6, 6.07) is 11.1. The average molecular weight is 292 g/mol. The summed E-state index contributed by atoms with van der Waals surface area (Å²) in [5.74, 6) is -0.250. The lowest BCUT2D eigenvalue weighted by molar-refractivity contribution is 0.0696. The Balaban J connectivity index is 2.22. The second-order valence-electron chi connectivity index (χ2n) is 4.05. The van der Waals surface area contributed by atoms with Crippen LogP contribution in [0.4, 0.5) is 4.39 Å². The van der Waals surface area contributed by atoms with Crippen molar-refractivity contribution in [2.75, 3.05) is 7.11 Å². The minimum atomic E-state index is -0.996. The number of ether oxygens (including phenoxy) is 1. The van der Waals surface area contributed by atoms with Crippen LogP contribution < -0.4 is 4.74 Å². The van der Waals surface area contributed by atoms with Crippen LogP contribution >= 0.6 is 11.8 Å². The third-order valence-corrected chi connectivity index (χ3v) is 3.84. The SMILES string of the molecule is COc1ccc(C(=O)O)cc1CSc1ccccc1F. The van der Waals surface area contributed by atoms with Gasteiger partial charge in [-0.25, -0.2) is 9.18 Å². The normalized spacial score (nSPS) is 10.3. The fourth-order valence-corrected chi connectivity index (χ4v) is 2.66. The molecular formula is C15H13FO3S. The van der Waals surface area contributed by atoms with Gasteiger partial charge >= 0.3 is 5.97 Å². The van der Waals surface area contributed by atoms with Crippen LogP contribution in [0.3, 0.4) is 0 Å². The molecule has 0 saturated heterocycles. The molecule has 3 nitrogen and oxygen atoms in total. The van der Waals surface area contributed by atoms with E-state index in [9.17, 15) is 9.18 Å². The molecule has 0 aliphatic rings. The first-order valence-corrected chi connectivity index (χ1v) is 6.88. The minimum Gasteiger partial charge on any atom is -0.496 e. The van der Waals surface area contributed by atoms with Crippen LogP contribution in [0.15, 0.2) is 47.4 Å². The third kappa shape index (κ3) is 3.30. The van der Waals surface area contributed by atoms with Crippen LogP contribution in [0, 0.1) is 5.82 Å². The Morgan fingerprint density at radius 3 is 2.70 bits per heavy atom. The van der Waals surface area contributed by atoms with E-state index in [-0.39, 0.29) is 11.4 Å². The van der Waals surface area contributed by atoms with Gasteiger partial charge in [-0.3, -0.25) is 0 Å². The lowest BCUT2D eigenvalue weighted by atomic mass is 10.1. The standard InChI is InChI=1S/C15H13FO3S/c1-19-13-7-6-10(15(17)18)8-11(13)9-20-14-5-3-2-4-12(14)16/h2-8H,9H2,1H3,(H,17,18). The summed E-state index contributed by atoms with van der Waals surface area (Å²) >= 11 is 1.30. The van der Waals surface area contributed by atoms with Gasteiger partial charge in [-0.2, -0.15) is 0 Å². The van der Waals surface area contributed by atoms with Crippen LogP contribution in [0.1, 0.15) is 15.9 Å². The lowest BCUT2D eigenvalue weighted by Gasteiger charge is -2.09. The first kappa shape index (κ1) is 14.4. The van der Waals surface area contributed by atoms with Crippen molar-refractivity contribution >= 4 is 17.7 Å². The number of hydrogen-bond acceptors (Lipinski definition) is 3. The Morgan fingerprint density at radius 2 is 2.05 bits per heavy atom. The number of rotatable bonds is 5. The number of thioether (sulfide) groups is 1. The number of carboxylic acids is 1. The molecule has 0 radical (unpaired) electrons. The van der Waals surface area contributed by atoms with E-state index in [2.05, 4.69) is 0 Å². The van der Waals surface area contributed by atoms with Gasteiger partial charge in [0.05, 0.1) is 12.7 Å². The van der Waals surface area contributed by atoms with Gasteiger partial charge in [-0.05, 0) is 30.3 Å². The number of benzene rings is 2. The van der Waals surface area contributed by atoms with Crippen LogP contribution in [-0.4, -0.2) is 18.2 Å². The zero-order chi connectivity index (χ0) is 14.5. The van der Waals surface area contributed by atoms with Crippen molar-refractivity contribution in [3.05, 3.63) is 59.4 Å². The van der Waals surface area contributed by atoms with Crippen molar-refractivity contribution in [2.24, 2.45) is 0 Å². The van der Waals surface area contributed by atoms with Gasteiger partial charge in [0.1, 0.15) is 11.6 Å². The summed E-state index contributed by atoms with van der Waals surface area (Å²) in [5, 5.41) is 8.99. The smallest absolute Gasteiger partial charge is 0.335 e. The number of carbonyl (C=O) groups is 1. The topological polar surface area (TPSA) is 46.5 Å². The molecule has 0 aliphatic heterocycles. The first-order valence-electron chi connectivity index (χ1n) is 5.89. The van der Waals surface area contributed by atoms with Crippen LogP contribution in [0.5, 0.6) is 5.75 Å². The Hall–Kier alpha value is -2.01. The van der Waals surface area contributed by atoms with Crippen molar-refractivity contribution in [1.82, 2.24) is 0 Å². The summed E-state index contributed by atoms with van der Waals surface area (Å²) in [4.78, 5) is 11.5. The van der Waals surface area contributed by atoms with Crippen molar-refractivity contribution in [3.63, 3.8) is 0 Å². The first-order chi connectivity index (χ1) is 9.61. The van der Waals surface area contributed by atoms with E-state index in [4.69, 9.17) is 9.84 Å². The molecule has 0 heterocycles. The highest BCUT2D eigenvalue weighted by molar-refractivity contribution is 7.98. The summed E-state index contributed by atoms with van der Waals surface area (Å²) < 4.78 is 18.7. The van der Waals surface area contributed by atoms with E-state index in [0.717, 1.165) is 5.56 Å². The summed E-state index contributed by atoms with van der Waals surface area (Å²) in [6.07, 6.45) is 0. The van der Waals surface area contributed by atoms with Crippen molar-refractivity contribution in [3.8, 4) is 5.75 Å². The molecular weight excluding hydrogens is 279 g/mol. The van der Waals surface area contributed by atoms with E-state index in [1.807, 2.05) is 0 Å².